The maximum absolute atomic E-state index is 12.5. The molecule has 140 valence electrons. The van der Waals surface area contributed by atoms with Crippen molar-refractivity contribution in [1.29, 1.82) is 0 Å². The van der Waals surface area contributed by atoms with Crippen LogP contribution in [0.1, 0.15) is 36.5 Å². The van der Waals surface area contributed by atoms with E-state index in [0.717, 1.165) is 26.1 Å². The minimum atomic E-state index is -0.533. The number of fused-ring (bicyclic) bond motifs is 1. The first-order valence-electron chi connectivity index (χ1n) is 9.07. The van der Waals surface area contributed by atoms with Crippen molar-refractivity contribution in [3.8, 4) is 5.75 Å². The number of carbonyl (C=O) groups is 3. The van der Waals surface area contributed by atoms with E-state index in [1.54, 1.807) is 32.2 Å². The summed E-state index contributed by atoms with van der Waals surface area (Å²) in [6, 6.07) is 5.07. The summed E-state index contributed by atoms with van der Waals surface area (Å²) in [5, 5.41) is 3.26. The molecule has 1 N–H and O–H groups in total. The Hall–Kier alpha value is -2.41. The number of hydrogen-bond donors (Lipinski definition) is 1. The molecule has 3 rings (SSSR count). The summed E-state index contributed by atoms with van der Waals surface area (Å²) in [4.78, 5) is 40.2. The highest BCUT2D eigenvalue weighted by molar-refractivity contribution is 6.03. The van der Waals surface area contributed by atoms with Gasteiger partial charge in [-0.3, -0.25) is 14.4 Å². The molecule has 7 nitrogen and oxygen atoms in total. The van der Waals surface area contributed by atoms with E-state index in [0.29, 0.717) is 23.5 Å². The van der Waals surface area contributed by atoms with Crippen molar-refractivity contribution in [3.05, 3.63) is 23.8 Å². The van der Waals surface area contributed by atoms with Crippen LogP contribution in [-0.2, 0) is 9.59 Å². The molecule has 0 radical (unpaired) electrons. The number of nitrogens with zero attached hydrogens (tertiary/aromatic N) is 2. The van der Waals surface area contributed by atoms with E-state index >= 15 is 0 Å². The molecule has 1 unspecified atom stereocenters. The summed E-state index contributed by atoms with van der Waals surface area (Å²) < 4.78 is 5.57. The highest BCUT2D eigenvalue weighted by Gasteiger charge is 2.29. The van der Waals surface area contributed by atoms with Crippen LogP contribution in [0.2, 0.25) is 0 Å². The van der Waals surface area contributed by atoms with Gasteiger partial charge >= 0.3 is 0 Å². The summed E-state index contributed by atoms with van der Waals surface area (Å²) in [5.74, 6) is 0.356. The number of anilines is 1. The summed E-state index contributed by atoms with van der Waals surface area (Å²) >= 11 is 0. The molecule has 2 aliphatic heterocycles. The number of hydrogen-bond acceptors (Lipinski definition) is 5. The molecule has 2 amide bonds. The Kier molecular flexibility index (Phi) is 5.56. The van der Waals surface area contributed by atoms with Gasteiger partial charge in [0.05, 0.1) is 5.69 Å². The van der Waals surface area contributed by atoms with Crippen LogP contribution in [-0.4, -0.2) is 61.8 Å². The maximum atomic E-state index is 12.5. The monoisotopic (exact) mass is 359 g/mol. The lowest BCUT2D eigenvalue weighted by atomic mass is 10.0. The third-order valence-electron chi connectivity index (χ3n) is 4.88. The predicted octanol–water partition coefficient (Wildman–Crippen LogP) is 1.22. The zero-order valence-corrected chi connectivity index (χ0v) is 15.3. The fourth-order valence-corrected chi connectivity index (χ4v) is 3.30. The number of carbonyl (C=O) groups excluding carboxylic acids is 3. The van der Waals surface area contributed by atoms with E-state index in [4.69, 9.17) is 4.74 Å². The van der Waals surface area contributed by atoms with Crippen LogP contribution in [0, 0.1) is 0 Å². The van der Waals surface area contributed by atoms with Gasteiger partial charge in [0, 0.05) is 45.1 Å². The molecule has 26 heavy (non-hydrogen) atoms. The summed E-state index contributed by atoms with van der Waals surface area (Å²) in [6.45, 7) is 4.84. The average Bonchev–Trinajstić information content (AvgIpc) is 2.93. The van der Waals surface area contributed by atoms with Crippen molar-refractivity contribution in [2.75, 3.05) is 38.1 Å². The molecule has 0 aromatic heterocycles. The van der Waals surface area contributed by atoms with E-state index in [1.165, 1.54) is 4.90 Å². The molecule has 1 saturated heterocycles. The Morgan fingerprint density at radius 3 is 2.85 bits per heavy atom. The highest BCUT2D eigenvalue weighted by atomic mass is 16.5. The number of Topliss-reactive ketones (excluding diaryl/α,β-unsaturated/α-hetero) is 1. The van der Waals surface area contributed by atoms with Crippen molar-refractivity contribution in [2.45, 2.75) is 32.3 Å². The molecule has 2 heterocycles. The summed E-state index contributed by atoms with van der Waals surface area (Å²) in [7, 11) is 1.67. The zero-order valence-electron chi connectivity index (χ0n) is 15.3. The first-order chi connectivity index (χ1) is 12.5. The van der Waals surface area contributed by atoms with Gasteiger partial charge in [0.25, 0.3) is 5.91 Å². The Labute approximate surface area is 153 Å². The quantitative estimate of drug-likeness (QED) is 0.818. The van der Waals surface area contributed by atoms with E-state index in [-0.39, 0.29) is 30.4 Å². The Morgan fingerprint density at radius 1 is 1.23 bits per heavy atom. The first-order valence-corrected chi connectivity index (χ1v) is 9.07. The van der Waals surface area contributed by atoms with Gasteiger partial charge in [-0.2, -0.15) is 0 Å². The van der Waals surface area contributed by atoms with Gasteiger partial charge in [0.2, 0.25) is 5.91 Å². The number of likely N-dealkylation sites (N-methyl/N-ethyl adjacent to an activating group) is 1. The SMILES string of the molecule is CC1Oc2ccc(C(=O)CCC(=O)N3CCCNCC3)cc2N(C)C1=O. The van der Waals surface area contributed by atoms with Gasteiger partial charge in [0.15, 0.2) is 11.9 Å². The Morgan fingerprint density at radius 2 is 2.04 bits per heavy atom. The van der Waals surface area contributed by atoms with Gasteiger partial charge in [-0.05, 0) is 38.1 Å². The van der Waals surface area contributed by atoms with E-state index in [1.807, 2.05) is 4.90 Å². The van der Waals surface area contributed by atoms with Crippen LogP contribution in [0.5, 0.6) is 5.75 Å². The lowest BCUT2D eigenvalue weighted by Gasteiger charge is -2.30. The standard InChI is InChI=1S/C19H25N3O4/c1-13-19(25)21(2)15-12-14(4-6-17(15)26-13)16(23)5-7-18(24)22-10-3-8-20-9-11-22/h4,6,12-13,20H,3,5,7-11H2,1-2H3. The van der Waals surface area contributed by atoms with Crippen LogP contribution in [0.25, 0.3) is 0 Å². The van der Waals surface area contributed by atoms with Gasteiger partial charge in [-0.1, -0.05) is 0 Å². The second kappa shape index (κ2) is 7.86. The molecular weight excluding hydrogens is 334 g/mol. The molecule has 0 bridgehead atoms. The smallest absolute Gasteiger partial charge is 0.267 e. The number of ether oxygens (including phenoxy) is 1. The lowest BCUT2D eigenvalue weighted by molar-refractivity contribution is -0.131. The van der Waals surface area contributed by atoms with Crippen molar-refractivity contribution in [1.82, 2.24) is 10.2 Å². The van der Waals surface area contributed by atoms with Crippen LogP contribution in [0.3, 0.4) is 0 Å². The Balaban J connectivity index is 1.63. The van der Waals surface area contributed by atoms with E-state index < -0.39 is 6.10 Å². The zero-order chi connectivity index (χ0) is 18.7. The number of rotatable bonds is 4. The first kappa shape index (κ1) is 18.4. The number of ketones is 1. The van der Waals surface area contributed by atoms with Crippen molar-refractivity contribution >= 4 is 23.3 Å². The molecule has 2 aliphatic rings. The molecule has 7 heteroatoms. The summed E-state index contributed by atoms with van der Waals surface area (Å²) in [5.41, 5.74) is 1.08. The minimum Gasteiger partial charge on any atom is -0.479 e. The third kappa shape index (κ3) is 3.88. The fraction of sp³-hybridized carbons (Fsp3) is 0.526. The molecule has 1 fully saturated rings. The highest BCUT2D eigenvalue weighted by Crippen LogP contribution is 2.34. The topological polar surface area (TPSA) is 79.0 Å². The van der Waals surface area contributed by atoms with Crippen molar-refractivity contribution in [2.24, 2.45) is 0 Å². The maximum Gasteiger partial charge on any atom is 0.267 e. The molecule has 0 aliphatic carbocycles. The van der Waals surface area contributed by atoms with E-state index in [2.05, 4.69) is 5.32 Å². The average molecular weight is 359 g/mol. The second-order valence-corrected chi connectivity index (χ2v) is 6.75. The van der Waals surface area contributed by atoms with Crippen molar-refractivity contribution < 1.29 is 19.1 Å². The van der Waals surface area contributed by atoms with Crippen LogP contribution in [0.4, 0.5) is 5.69 Å². The van der Waals surface area contributed by atoms with Crippen LogP contribution < -0.4 is 15.0 Å². The van der Waals surface area contributed by atoms with Gasteiger partial charge in [-0.15, -0.1) is 0 Å². The number of amides is 2. The normalized spacial score (nSPS) is 20.2. The fourth-order valence-electron chi connectivity index (χ4n) is 3.30. The largest absolute Gasteiger partial charge is 0.479 e. The van der Waals surface area contributed by atoms with Crippen LogP contribution in [0.15, 0.2) is 18.2 Å². The Bertz CT molecular complexity index is 711. The molecule has 1 aromatic rings. The molecular formula is C19H25N3O4. The second-order valence-electron chi connectivity index (χ2n) is 6.75. The van der Waals surface area contributed by atoms with Gasteiger partial charge in [0.1, 0.15) is 5.75 Å². The predicted molar refractivity (Wildman–Crippen MR) is 97.6 cm³/mol. The molecule has 1 aromatic carbocycles. The molecule has 1 atom stereocenters. The molecule has 0 saturated carbocycles. The number of nitrogens with one attached hydrogen (secondary N) is 1. The lowest BCUT2D eigenvalue weighted by Crippen LogP contribution is -2.42. The molecule has 0 spiro atoms. The van der Waals surface area contributed by atoms with Crippen molar-refractivity contribution in [3.63, 3.8) is 0 Å². The van der Waals surface area contributed by atoms with Gasteiger partial charge in [-0.25, -0.2) is 0 Å². The third-order valence-corrected chi connectivity index (χ3v) is 4.88. The summed E-state index contributed by atoms with van der Waals surface area (Å²) in [6.07, 6.45) is 0.771. The van der Waals surface area contributed by atoms with E-state index in [9.17, 15) is 14.4 Å². The van der Waals surface area contributed by atoms with Crippen LogP contribution >= 0.6 is 0 Å². The van der Waals surface area contributed by atoms with Gasteiger partial charge < -0.3 is 19.9 Å². The minimum absolute atomic E-state index is 0.0180. The number of benzene rings is 1.